The minimum absolute atomic E-state index is 0.356. The number of hydrogen-bond acceptors (Lipinski definition) is 2. The molecule has 21 heavy (non-hydrogen) atoms. The van der Waals surface area contributed by atoms with Gasteiger partial charge in [-0.3, -0.25) is 0 Å². The number of nitrogens with one attached hydrogen (secondary N) is 1. The largest absolute Gasteiger partial charge is 0.374 e. The lowest BCUT2D eigenvalue weighted by molar-refractivity contribution is 0.252. The van der Waals surface area contributed by atoms with E-state index >= 15 is 0 Å². The standard InChI is InChI=1S/C19H34N2/c1-7-19(8-2,14-20-13-16(3)4)15-21(6)18-11-9-17(5)10-12-18/h9-12,16,20H,7-8,13-15H2,1-6H3. The highest BCUT2D eigenvalue weighted by molar-refractivity contribution is 5.46. The number of benzene rings is 1. The van der Waals surface area contributed by atoms with Crippen molar-refractivity contribution in [3.8, 4) is 0 Å². The van der Waals surface area contributed by atoms with Crippen LogP contribution in [0.3, 0.4) is 0 Å². The van der Waals surface area contributed by atoms with Gasteiger partial charge >= 0.3 is 0 Å². The van der Waals surface area contributed by atoms with E-state index in [4.69, 9.17) is 0 Å². The summed E-state index contributed by atoms with van der Waals surface area (Å²) in [5.41, 5.74) is 2.99. The minimum atomic E-state index is 0.356. The van der Waals surface area contributed by atoms with Crippen molar-refractivity contribution >= 4 is 5.69 Å². The Hall–Kier alpha value is -1.02. The van der Waals surface area contributed by atoms with E-state index in [1.807, 2.05) is 0 Å². The average Bonchev–Trinajstić information content (AvgIpc) is 2.46. The Bertz CT molecular complexity index is 391. The Balaban J connectivity index is 2.69. The van der Waals surface area contributed by atoms with Gasteiger partial charge < -0.3 is 10.2 Å². The Labute approximate surface area is 131 Å². The molecule has 0 aliphatic rings. The average molecular weight is 290 g/mol. The second-order valence-corrected chi connectivity index (χ2v) is 6.92. The zero-order chi connectivity index (χ0) is 15.9. The van der Waals surface area contributed by atoms with Crippen molar-refractivity contribution in [3.63, 3.8) is 0 Å². The zero-order valence-electron chi connectivity index (χ0n) is 14.9. The van der Waals surface area contributed by atoms with Crippen LogP contribution < -0.4 is 10.2 Å². The predicted octanol–water partition coefficient (Wildman–Crippen LogP) is 4.48. The minimum Gasteiger partial charge on any atom is -0.374 e. The van der Waals surface area contributed by atoms with Crippen LogP contribution in [0.5, 0.6) is 0 Å². The number of rotatable bonds is 9. The van der Waals surface area contributed by atoms with Crippen molar-refractivity contribution in [2.45, 2.75) is 47.5 Å². The van der Waals surface area contributed by atoms with E-state index in [0.29, 0.717) is 11.3 Å². The van der Waals surface area contributed by atoms with Gasteiger partial charge in [0.2, 0.25) is 0 Å². The van der Waals surface area contributed by atoms with Crippen molar-refractivity contribution < 1.29 is 0 Å². The van der Waals surface area contributed by atoms with E-state index in [2.05, 4.69) is 76.1 Å². The molecule has 0 radical (unpaired) electrons. The van der Waals surface area contributed by atoms with Gasteiger partial charge in [-0.25, -0.2) is 0 Å². The van der Waals surface area contributed by atoms with E-state index in [0.717, 1.165) is 19.6 Å². The summed E-state index contributed by atoms with van der Waals surface area (Å²) in [6.07, 6.45) is 2.43. The van der Waals surface area contributed by atoms with Crippen LogP contribution in [0.15, 0.2) is 24.3 Å². The van der Waals surface area contributed by atoms with Crippen LogP contribution in [0.25, 0.3) is 0 Å². The van der Waals surface area contributed by atoms with Gasteiger partial charge in [0.15, 0.2) is 0 Å². The van der Waals surface area contributed by atoms with E-state index in [1.165, 1.54) is 24.1 Å². The van der Waals surface area contributed by atoms with Gasteiger partial charge in [-0.2, -0.15) is 0 Å². The van der Waals surface area contributed by atoms with Gasteiger partial charge in [-0.05, 0) is 49.8 Å². The third-order valence-corrected chi connectivity index (χ3v) is 4.60. The summed E-state index contributed by atoms with van der Waals surface area (Å²) in [5.74, 6) is 0.714. The lowest BCUT2D eigenvalue weighted by atomic mass is 9.81. The molecule has 2 nitrogen and oxygen atoms in total. The molecule has 0 aliphatic heterocycles. The highest BCUT2D eigenvalue weighted by Gasteiger charge is 2.27. The fraction of sp³-hybridized carbons (Fsp3) is 0.684. The number of anilines is 1. The van der Waals surface area contributed by atoms with Gasteiger partial charge in [-0.1, -0.05) is 45.4 Å². The van der Waals surface area contributed by atoms with Crippen LogP contribution >= 0.6 is 0 Å². The Morgan fingerprint density at radius 3 is 2.14 bits per heavy atom. The third kappa shape index (κ3) is 5.70. The van der Waals surface area contributed by atoms with E-state index in [-0.39, 0.29) is 0 Å². The molecule has 0 aromatic heterocycles. The smallest absolute Gasteiger partial charge is 0.0363 e. The summed E-state index contributed by atoms with van der Waals surface area (Å²) in [6, 6.07) is 8.85. The molecule has 0 atom stereocenters. The number of nitrogens with zero attached hydrogens (tertiary/aromatic N) is 1. The molecule has 2 heteroatoms. The molecule has 0 aliphatic carbocycles. The molecule has 0 fully saturated rings. The lowest BCUT2D eigenvalue weighted by Crippen LogP contribution is -2.43. The molecule has 1 rings (SSSR count). The third-order valence-electron chi connectivity index (χ3n) is 4.60. The first kappa shape index (κ1) is 18.0. The summed E-state index contributed by atoms with van der Waals surface area (Å²) < 4.78 is 0. The number of aryl methyl sites for hydroxylation is 1. The van der Waals surface area contributed by atoms with Crippen molar-refractivity contribution in [3.05, 3.63) is 29.8 Å². The molecule has 0 saturated carbocycles. The molecule has 0 spiro atoms. The van der Waals surface area contributed by atoms with Crippen LogP contribution in [0.1, 0.15) is 46.1 Å². The van der Waals surface area contributed by atoms with E-state index in [9.17, 15) is 0 Å². The Kier molecular flexibility index (Phi) is 7.24. The SMILES string of the molecule is CCC(CC)(CNCC(C)C)CN(C)c1ccc(C)cc1. The summed E-state index contributed by atoms with van der Waals surface area (Å²) >= 11 is 0. The van der Waals surface area contributed by atoms with Crippen molar-refractivity contribution in [2.24, 2.45) is 11.3 Å². The van der Waals surface area contributed by atoms with E-state index in [1.54, 1.807) is 0 Å². The fourth-order valence-corrected chi connectivity index (χ4v) is 2.80. The highest BCUT2D eigenvalue weighted by Crippen LogP contribution is 2.28. The molecule has 0 saturated heterocycles. The first-order valence-corrected chi connectivity index (χ1v) is 8.41. The monoisotopic (exact) mass is 290 g/mol. The molecule has 0 bridgehead atoms. The molecule has 1 N–H and O–H groups in total. The fourth-order valence-electron chi connectivity index (χ4n) is 2.80. The number of hydrogen-bond donors (Lipinski definition) is 1. The van der Waals surface area contributed by atoms with Crippen LogP contribution in [0.2, 0.25) is 0 Å². The van der Waals surface area contributed by atoms with Crippen molar-refractivity contribution in [2.75, 3.05) is 31.6 Å². The predicted molar refractivity (Wildman–Crippen MR) is 95.2 cm³/mol. The molecule has 0 amide bonds. The molecular formula is C19H34N2. The van der Waals surface area contributed by atoms with Gasteiger partial charge in [0.1, 0.15) is 0 Å². The van der Waals surface area contributed by atoms with Gasteiger partial charge in [0.05, 0.1) is 0 Å². The second kappa shape index (κ2) is 8.43. The Morgan fingerprint density at radius 2 is 1.67 bits per heavy atom. The van der Waals surface area contributed by atoms with Gasteiger partial charge in [0, 0.05) is 25.8 Å². The van der Waals surface area contributed by atoms with Crippen LogP contribution in [0, 0.1) is 18.3 Å². The molecule has 0 unspecified atom stereocenters. The summed E-state index contributed by atoms with van der Waals surface area (Å²) in [7, 11) is 2.22. The quantitative estimate of drug-likeness (QED) is 0.721. The normalized spacial score (nSPS) is 12.0. The van der Waals surface area contributed by atoms with Gasteiger partial charge in [0.25, 0.3) is 0 Å². The van der Waals surface area contributed by atoms with Crippen molar-refractivity contribution in [1.82, 2.24) is 5.32 Å². The molecule has 1 aromatic carbocycles. The van der Waals surface area contributed by atoms with Crippen LogP contribution in [-0.4, -0.2) is 26.7 Å². The molecule has 1 aromatic rings. The maximum Gasteiger partial charge on any atom is 0.0363 e. The van der Waals surface area contributed by atoms with Gasteiger partial charge in [-0.15, -0.1) is 0 Å². The highest BCUT2D eigenvalue weighted by atomic mass is 15.1. The summed E-state index contributed by atoms with van der Waals surface area (Å²) in [6.45, 7) is 14.6. The summed E-state index contributed by atoms with van der Waals surface area (Å²) in [5, 5.41) is 3.67. The van der Waals surface area contributed by atoms with Crippen molar-refractivity contribution in [1.29, 1.82) is 0 Å². The second-order valence-electron chi connectivity index (χ2n) is 6.92. The lowest BCUT2D eigenvalue weighted by Gasteiger charge is -2.37. The molecular weight excluding hydrogens is 256 g/mol. The van der Waals surface area contributed by atoms with Crippen LogP contribution in [0.4, 0.5) is 5.69 Å². The Morgan fingerprint density at radius 1 is 1.10 bits per heavy atom. The first-order chi connectivity index (χ1) is 9.92. The van der Waals surface area contributed by atoms with Crippen LogP contribution in [-0.2, 0) is 0 Å². The molecule has 120 valence electrons. The molecule has 0 heterocycles. The zero-order valence-corrected chi connectivity index (χ0v) is 14.9. The van der Waals surface area contributed by atoms with E-state index < -0.39 is 0 Å². The maximum absolute atomic E-state index is 3.67. The first-order valence-electron chi connectivity index (χ1n) is 8.41. The topological polar surface area (TPSA) is 15.3 Å². The summed E-state index contributed by atoms with van der Waals surface area (Å²) in [4.78, 5) is 2.41. The maximum atomic E-state index is 3.67.